The molecule has 4 N–H and O–H groups in total. The number of hydrogen-bond donors (Lipinski definition) is 3. The van der Waals surface area contributed by atoms with Gasteiger partial charge in [-0.2, -0.15) is 0 Å². The number of rotatable bonds is 4. The summed E-state index contributed by atoms with van der Waals surface area (Å²) in [5, 5.41) is 11.1. The highest BCUT2D eigenvalue weighted by molar-refractivity contribution is 6.14. The van der Waals surface area contributed by atoms with E-state index in [-0.39, 0.29) is 11.5 Å². The van der Waals surface area contributed by atoms with Gasteiger partial charge in [0.05, 0.1) is 24.7 Å². The Kier molecular flexibility index (Phi) is 3.84. The quantitative estimate of drug-likeness (QED) is 0.747. The molecule has 1 aromatic carbocycles. The van der Waals surface area contributed by atoms with E-state index >= 15 is 0 Å². The molecule has 104 valence electrons. The van der Waals surface area contributed by atoms with Gasteiger partial charge in [-0.15, -0.1) is 0 Å². The summed E-state index contributed by atoms with van der Waals surface area (Å²) >= 11 is 0. The van der Waals surface area contributed by atoms with E-state index in [0.717, 1.165) is 0 Å². The molecule has 20 heavy (non-hydrogen) atoms. The summed E-state index contributed by atoms with van der Waals surface area (Å²) < 4.78 is 18.6. The number of ether oxygens (including phenoxy) is 1. The number of halogens is 1. The molecule has 0 bridgehead atoms. The Morgan fingerprint density at radius 3 is 2.75 bits per heavy atom. The Morgan fingerprint density at radius 1 is 1.40 bits per heavy atom. The largest absolute Gasteiger partial charge is 0.494 e. The van der Waals surface area contributed by atoms with Crippen molar-refractivity contribution in [2.45, 2.75) is 0 Å². The average molecular weight is 274 g/mol. The highest BCUT2D eigenvalue weighted by Crippen LogP contribution is 2.23. The van der Waals surface area contributed by atoms with Gasteiger partial charge in [-0.25, -0.2) is 9.37 Å². The lowest BCUT2D eigenvalue weighted by Crippen LogP contribution is -2.08. The van der Waals surface area contributed by atoms with Crippen molar-refractivity contribution < 1.29 is 9.13 Å². The molecule has 0 saturated carbocycles. The number of nitrogens with two attached hydrogens (primary N) is 1. The second-order valence-corrected chi connectivity index (χ2v) is 4.14. The van der Waals surface area contributed by atoms with Crippen molar-refractivity contribution in [3.63, 3.8) is 0 Å². The standard InChI is InChI=1S/C14H15FN4O/c1-18-14-10(6-9(16)7-19-14)13(17)8-3-4-12(20-2)11(15)5-8/h3-7,17H,16H2,1-2H3,(H,18,19). The fraction of sp³-hybridized carbons (Fsp3) is 0.143. The molecule has 0 saturated heterocycles. The number of nitrogens with zero attached hydrogens (tertiary/aromatic N) is 1. The molecule has 0 fully saturated rings. The van der Waals surface area contributed by atoms with Crippen molar-refractivity contribution in [2.75, 3.05) is 25.2 Å². The van der Waals surface area contributed by atoms with Crippen LogP contribution in [0.25, 0.3) is 0 Å². The predicted octanol–water partition coefficient (Wildman–Crippen LogP) is 2.27. The fourth-order valence-corrected chi connectivity index (χ4v) is 1.85. The van der Waals surface area contributed by atoms with Gasteiger partial charge in [0.15, 0.2) is 11.6 Å². The van der Waals surface area contributed by atoms with Crippen LogP contribution in [0.15, 0.2) is 30.5 Å². The molecular weight excluding hydrogens is 259 g/mol. The van der Waals surface area contributed by atoms with E-state index in [2.05, 4.69) is 10.3 Å². The Morgan fingerprint density at radius 2 is 2.15 bits per heavy atom. The lowest BCUT2D eigenvalue weighted by atomic mass is 10.0. The number of benzene rings is 1. The smallest absolute Gasteiger partial charge is 0.165 e. The van der Waals surface area contributed by atoms with Crippen LogP contribution in [0.3, 0.4) is 0 Å². The summed E-state index contributed by atoms with van der Waals surface area (Å²) in [5.41, 5.74) is 7.20. The molecule has 0 spiro atoms. The SMILES string of the molecule is CNc1ncc(N)cc1C(=N)c1ccc(OC)c(F)c1. The first-order valence-electron chi connectivity index (χ1n) is 5.93. The predicted molar refractivity (Wildman–Crippen MR) is 77.1 cm³/mol. The van der Waals surface area contributed by atoms with Crippen molar-refractivity contribution in [3.05, 3.63) is 47.4 Å². The van der Waals surface area contributed by atoms with Crippen molar-refractivity contribution in [3.8, 4) is 5.75 Å². The summed E-state index contributed by atoms with van der Waals surface area (Å²) in [4.78, 5) is 4.10. The molecule has 5 nitrogen and oxygen atoms in total. The van der Waals surface area contributed by atoms with Crippen molar-refractivity contribution >= 4 is 17.2 Å². The van der Waals surface area contributed by atoms with Crippen LogP contribution in [0.1, 0.15) is 11.1 Å². The number of pyridine rings is 1. The molecular formula is C14H15FN4O. The van der Waals surface area contributed by atoms with Crippen LogP contribution >= 0.6 is 0 Å². The Labute approximate surface area is 116 Å². The molecule has 2 aromatic rings. The summed E-state index contributed by atoms with van der Waals surface area (Å²) in [6.07, 6.45) is 1.50. The van der Waals surface area contributed by atoms with Gasteiger partial charge in [0, 0.05) is 18.2 Å². The number of methoxy groups -OCH3 is 1. The highest BCUT2D eigenvalue weighted by Gasteiger charge is 2.13. The summed E-state index contributed by atoms with van der Waals surface area (Å²) in [7, 11) is 3.09. The molecule has 0 radical (unpaired) electrons. The Balaban J connectivity index is 2.46. The molecule has 1 aromatic heterocycles. The normalized spacial score (nSPS) is 10.2. The molecule has 0 unspecified atom stereocenters. The van der Waals surface area contributed by atoms with Gasteiger partial charge in [0.2, 0.25) is 0 Å². The second kappa shape index (κ2) is 5.56. The second-order valence-electron chi connectivity index (χ2n) is 4.14. The van der Waals surface area contributed by atoms with Gasteiger partial charge in [-0.3, -0.25) is 5.41 Å². The van der Waals surface area contributed by atoms with Crippen LogP contribution in [0.2, 0.25) is 0 Å². The van der Waals surface area contributed by atoms with Crippen LogP contribution < -0.4 is 15.8 Å². The minimum atomic E-state index is -0.516. The Bertz CT molecular complexity index is 658. The summed E-state index contributed by atoms with van der Waals surface area (Å²) in [5.74, 6) is 0.138. The zero-order valence-electron chi connectivity index (χ0n) is 11.2. The third kappa shape index (κ3) is 2.54. The summed E-state index contributed by atoms with van der Waals surface area (Å²) in [6.45, 7) is 0. The third-order valence-electron chi connectivity index (χ3n) is 2.86. The third-order valence-corrected chi connectivity index (χ3v) is 2.86. The molecule has 0 aliphatic carbocycles. The number of anilines is 2. The van der Waals surface area contributed by atoms with E-state index in [4.69, 9.17) is 15.9 Å². The van der Waals surface area contributed by atoms with Crippen LogP contribution in [0, 0.1) is 11.2 Å². The number of aromatic nitrogens is 1. The van der Waals surface area contributed by atoms with Gasteiger partial charge in [0.25, 0.3) is 0 Å². The van der Waals surface area contributed by atoms with Crippen LogP contribution in [-0.2, 0) is 0 Å². The number of nitrogen functional groups attached to an aromatic ring is 1. The van der Waals surface area contributed by atoms with Crippen molar-refractivity contribution in [1.29, 1.82) is 5.41 Å². The van der Waals surface area contributed by atoms with Gasteiger partial charge < -0.3 is 15.8 Å². The minimum absolute atomic E-state index is 0.135. The molecule has 2 rings (SSSR count). The monoisotopic (exact) mass is 274 g/mol. The molecule has 1 heterocycles. The van der Waals surface area contributed by atoms with E-state index in [1.165, 1.54) is 25.4 Å². The maximum atomic E-state index is 13.7. The van der Waals surface area contributed by atoms with Crippen LogP contribution in [0.4, 0.5) is 15.9 Å². The Hall–Kier alpha value is -2.63. The molecule has 6 heteroatoms. The van der Waals surface area contributed by atoms with Gasteiger partial charge in [-0.1, -0.05) is 0 Å². The van der Waals surface area contributed by atoms with E-state index < -0.39 is 5.82 Å². The highest BCUT2D eigenvalue weighted by atomic mass is 19.1. The van der Waals surface area contributed by atoms with Crippen molar-refractivity contribution in [1.82, 2.24) is 4.98 Å². The average Bonchev–Trinajstić information content (AvgIpc) is 2.46. The van der Waals surface area contributed by atoms with Crippen LogP contribution in [0.5, 0.6) is 5.75 Å². The lowest BCUT2D eigenvalue weighted by Gasteiger charge is -2.11. The number of nitrogens with one attached hydrogen (secondary N) is 2. The zero-order chi connectivity index (χ0) is 14.7. The molecule has 0 aliphatic rings. The van der Waals surface area contributed by atoms with E-state index in [1.807, 2.05) is 0 Å². The molecule has 0 atom stereocenters. The van der Waals surface area contributed by atoms with E-state index in [0.29, 0.717) is 22.6 Å². The van der Waals surface area contributed by atoms with Gasteiger partial charge in [-0.05, 0) is 24.3 Å². The minimum Gasteiger partial charge on any atom is -0.494 e. The topological polar surface area (TPSA) is 84.0 Å². The first-order valence-corrected chi connectivity index (χ1v) is 5.93. The first kappa shape index (κ1) is 13.8. The maximum Gasteiger partial charge on any atom is 0.165 e. The lowest BCUT2D eigenvalue weighted by molar-refractivity contribution is 0.386. The number of hydrogen-bond acceptors (Lipinski definition) is 5. The van der Waals surface area contributed by atoms with Crippen LogP contribution in [-0.4, -0.2) is 24.9 Å². The van der Waals surface area contributed by atoms with E-state index in [1.54, 1.807) is 19.2 Å². The molecule has 0 amide bonds. The fourth-order valence-electron chi connectivity index (χ4n) is 1.85. The van der Waals surface area contributed by atoms with Gasteiger partial charge in [0.1, 0.15) is 5.82 Å². The molecule has 0 aliphatic heterocycles. The van der Waals surface area contributed by atoms with E-state index in [9.17, 15) is 4.39 Å². The summed E-state index contributed by atoms with van der Waals surface area (Å²) in [6, 6.07) is 5.98. The zero-order valence-corrected chi connectivity index (χ0v) is 11.2. The van der Waals surface area contributed by atoms with Gasteiger partial charge >= 0.3 is 0 Å². The van der Waals surface area contributed by atoms with Crippen molar-refractivity contribution in [2.24, 2.45) is 0 Å². The first-order chi connectivity index (χ1) is 9.56. The maximum absolute atomic E-state index is 13.7.